The fourth-order valence-electron chi connectivity index (χ4n) is 1.57. The molecule has 0 saturated heterocycles. The van der Waals surface area contributed by atoms with Gasteiger partial charge in [-0.25, -0.2) is 8.78 Å². The van der Waals surface area contributed by atoms with Crippen LogP contribution in [0.15, 0.2) is 16.7 Å². The maximum Gasteiger partial charge on any atom is 0.263 e. The highest BCUT2D eigenvalue weighted by molar-refractivity contribution is 5.56. The summed E-state index contributed by atoms with van der Waals surface area (Å²) in [5, 5.41) is 3.70. The van der Waals surface area contributed by atoms with Crippen LogP contribution in [0.4, 0.5) is 8.78 Å². The van der Waals surface area contributed by atoms with Crippen molar-refractivity contribution in [2.24, 2.45) is 5.73 Å². The van der Waals surface area contributed by atoms with Gasteiger partial charge >= 0.3 is 0 Å². The SMILES string of the molecule is CCC(C)(N)c1noc(-c2c(F)ccc(C)c2F)n1. The van der Waals surface area contributed by atoms with Crippen molar-refractivity contribution >= 4 is 0 Å². The Balaban J connectivity index is 2.53. The molecule has 19 heavy (non-hydrogen) atoms. The van der Waals surface area contributed by atoms with Crippen molar-refractivity contribution in [2.75, 3.05) is 0 Å². The van der Waals surface area contributed by atoms with Crippen LogP contribution < -0.4 is 5.73 Å². The van der Waals surface area contributed by atoms with Crippen LogP contribution in [0.5, 0.6) is 0 Å². The van der Waals surface area contributed by atoms with Crippen LogP contribution >= 0.6 is 0 Å². The van der Waals surface area contributed by atoms with Crippen LogP contribution in [0.3, 0.4) is 0 Å². The number of rotatable bonds is 3. The molecule has 0 aliphatic carbocycles. The van der Waals surface area contributed by atoms with Gasteiger partial charge in [-0.05, 0) is 31.9 Å². The molecule has 0 spiro atoms. The molecular formula is C13H15F2N3O. The molecule has 1 atom stereocenters. The van der Waals surface area contributed by atoms with Crippen molar-refractivity contribution in [1.82, 2.24) is 10.1 Å². The molecule has 0 fully saturated rings. The van der Waals surface area contributed by atoms with Gasteiger partial charge in [0.15, 0.2) is 5.82 Å². The summed E-state index contributed by atoms with van der Waals surface area (Å²) in [6.45, 7) is 5.13. The molecule has 0 aliphatic rings. The largest absolute Gasteiger partial charge is 0.334 e. The van der Waals surface area contributed by atoms with E-state index in [4.69, 9.17) is 10.3 Å². The molecule has 6 heteroatoms. The molecule has 2 rings (SSSR count). The van der Waals surface area contributed by atoms with Crippen molar-refractivity contribution in [3.8, 4) is 11.5 Å². The van der Waals surface area contributed by atoms with Gasteiger partial charge in [-0.1, -0.05) is 18.1 Å². The molecule has 2 aromatic rings. The van der Waals surface area contributed by atoms with E-state index in [2.05, 4.69) is 10.1 Å². The highest BCUT2D eigenvalue weighted by Crippen LogP contribution is 2.28. The Hall–Kier alpha value is -1.82. The van der Waals surface area contributed by atoms with Crippen molar-refractivity contribution in [3.05, 3.63) is 35.2 Å². The van der Waals surface area contributed by atoms with Crippen LogP contribution in [0.25, 0.3) is 11.5 Å². The number of nitrogens with zero attached hydrogens (tertiary/aromatic N) is 2. The third-order valence-corrected chi connectivity index (χ3v) is 3.17. The van der Waals surface area contributed by atoms with Crippen molar-refractivity contribution in [3.63, 3.8) is 0 Å². The second-order valence-electron chi connectivity index (χ2n) is 4.75. The second-order valence-corrected chi connectivity index (χ2v) is 4.75. The van der Waals surface area contributed by atoms with Gasteiger partial charge in [-0.3, -0.25) is 0 Å². The Morgan fingerprint density at radius 3 is 2.68 bits per heavy atom. The third-order valence-electron chi connectivity index (χ3n) is 3.17. The van der Waals surface area contributed by atoms with Gasteiger partial charge in [-0.15, -0.1) is 0 Å². The Kier molecular flexibility index (Phi) is 3.36. The monoisotopic (exact) mass is 267 g/mol. The van der Waals surface area contributed by atoms with E-state index < -0.39 is 17.2 Å². The lowest BCUT2D eigenvalue weighted by molar-refractivity contribution is 0.377. The molecule has 102 valence electrons. The van der Waals surface area contributed by atoms with E-state index in [1.807, 2.05) is 6.92 Å². The van der Waals surface area contributed by atoms with Crippen molar-refractivity contribution in [1.29, 1.82) is 0 Å². The molecule has 4 nitrogen and oxygen atoms in total. The van der Waals surface area contributed by atoms with Gasteiger partial charge in [0.25, 0.3) is 5.89 Å². The summed E-state index contributed by atoms with van der Waals surface area (Å²) < 4.78 is 32.6. The molecule has 1 unspecified atom stereocenters. The van der Waals surface area contributed by atoms with Crippen LogP contribution in [0.1, 0.15) is 31.7 Å². The maximum atomic E-state index is 13.9. The minimum atomic E-state index is -0.793. The fraction of sp³-hybridized carbons (Fsp3) is 0.385. The van der Waals surface area contributed by atoms with E-state index in [1.54, 1.807) is 6.92 Å². The normalized spacial score (nSPS) is 14.4. The zero-order chi connectivity index (χ0) is 14.2. The van der Waals surface area contributed by atoms with E-state index in [0.29, 0.717) is 12.0 Å². The lowest BCUT2D eigenvalue weighted by Crippen LogP contribution is -2.33. The van der Waals surface area contributed by atoms with Crippen LogP contribution in [-0.4, -0.2) is 10.1 Å². The second kappa shape index (κ2) is 4.70. The maximum absolute atomic E-state index is 13.9. The topological polar surface area (TPSA) is 64.9 Å². The van der Waals surface area contributed by atoms with Gasteiger partial charge in [0.05, 0.1) is 5.54 Å². The quantitative estimate of drug-likeness (QED) is 0.928. The van der Waals surface area contributed by atoms with Gasteiger partial charge in [0.2, 0.25) is 0 Å². The van der Waals surface area contributed by atoms with Crippen LogP contribution in [0.2, 0.25) is 0 Å². The summed E-state index contributed by atoms with van der Waals surface area (Å²) in [7, 11) is 0. The number of nitrogens with two attached hydrogens (primary N) is 1. The number of aromatic nitrogens is 2. The first-order chi connectivity index (χ1) is 8.86. The van der Waals surface area contributed by atoms with Crippen LogP contribution in [0, 0.1) is 18.6 Å². The standard InChI is InChI=1S/C13H15F2N3O/c1-4-13(3,16)12-17-11(19-18-12)9-8(14)6-5-7(2)10(9)15/h5-6H,4,16H2,1-3H3. The summed E-state index contributed by atoms with van der Waals surface area (Å²) in [4.78, 5) is 4.00. The summed E-state index contributed by atoms with van der Waals surface area (Å²) in [5.41, 5.74) is 5.16. The van der Waals surface area contributed by atoms with E-state index in [-0.39, 0.29) is 17.3 Å². The molecule has 0 radical (unpaired) electrons. The van der Waals surface area contributed by atoms with Crippen molar-refractivity contribution in [2.45, 2.75) is 32.7 Å². The molecule has 1 aromatic heterocycles. The van der Waals surface area contributed by atoms with E-state index in [9.17, 15) is 8.78 Å². The molecule has 2 N–H and O–H groups in total. The van der Waals surface area contributed by atoms with Gasteiger partial charge in [0, 0.05) is 0 Å². The highest BCUT2D eigenvalue weighted by Gasteiger charge is 2.27. The molecule has 1 aromatic carbocycles. The number of hydrogen-bond acceptors (Lipinski definition) is 4. The van der Waals surface area contributed by atoms with E-state index >= 15 is 0 Å². The number of halogens is 2. The molecule has 1 heterocycles. The molecule has 0 aliphatic heterocycles. The molecule has 0 saturated carbocycles. The Labute approximate surface area is 109 Å². The van der Waals surface area contributed by atoms with E-state index in [0.717, 1.165) is 0 Å². The summed E-state index contributed by atoms with van der Waals surface area (Å²) in [6, 6.07) is 2.52. The fourth-order valence-corrected chi connectivity index (χ4v) is 1.57. The smallest absolute Gasteiger partial charge is 0.263 e. The molecule has 0 bridgehead atoms. The summed E-state index contributed by atoms with van der Waals surface area (Å²) in [6.07, 6.45) is 0.574. The average molecular weight is 267 g/mol. The number of aryl methyl sites for hydroxylation is 1. The van der Waals surface area contributed by atoms with E-state index in [1.165, 1.54) is 19.1 Å². The minimum absolute atomic E-state index is 0.196. The predicted octanol–water partition coefficient (Wildman–Crippen LogP) is 2.91. The van der Waals surface area contributed by atoms with Crippen molar-refractivity contribution < 1.29 is 13.3 Å². The first-order valence-electron chi connectivity index (χ1n) is 5.95. The Bertz CT molecular complexity index is 608. The summed E-state index contributed by atoms with van der Waals surface area (Å²) >= 11 is 0. The van der Waals surface area contributed by atoms with Gasteiger partial charge in [-0.2, -0.15) is 4.98 Å². The minimum Gasteiger partial charge on any atom is -0.334 e. The Morgan fingerprint density at radius 1 is 1.37 bits per heavy atom. The lowest BCUT2D eigenvalue weighted by Gasteiger charge is -2.16. The predicted molar refractivity (Wildman–Crippen MR) is 66.2 cm³/mol. The van der Waals surface area contributed by atoms with Gasteiger partial charge in [0.1, 0.15) is 17.2 Å². The zero-order valence-electron chi connectivity index (χ0n) is 11.0. The Morgan fingerprint density at radius 2 is 2.05 bits per heavy atom. The van der Waals surface area contributed by atoms with Gasteiger partial charge < -0.3 is 10.3 Å². The average Bonchev–Trinajstić information content (AvgIpc) is 2.84. The number of benzene rings is 1. The highest BCUT2D eigenvalue weighted by atomic mass is 19.1. The first kappa shape index (κ1) is 13.6. The first-order valence-corrected chi connectivity index (χ1v) is 5.95. The third kappa shape index (κ3) is 2.35. The molecular weight excluding hydrogens is 252 g/mol. The lowest BCUT2D eigenvalue weighted by atomic mass is 10.00. The van der Waals surface area contributed by atoms with Crippen LogP contribution in [-0.2, 0) is 5.54 Å². The number of hydrogen-bond donors (Lipinski definition) is 1. The zero-order valence-corrected chi connectivity index (χ0v) is 11.0. The molecule has 0 amide bonds. The summed E-state index contributed by atoms with van der Waals surface area (Å²) in [5.74, 6) is -1.41.